The van der Waals surface area contributed by atoms with E-state index in [1.165, 1.54) is 9.79 Å². The number of rotatable bonds is 8. The van der Waals surface area contributed by atoms with Gasteiger partial charge in [-0.25, -0.2) is 0 Å². The van der Waals surface area contributed by atoms with E-state index >= 15 is 0 Å². The van der Waals surface area contributed by atoms with Crippen LogP contribution in [0.25, 0.3) is 0 Å². The lowest BCUT2D eigenvalue weighted by molar-refractivity contribution is -0.0000114. The lowest BCUT2D eigenvalue weighted by Crippen LogP contribution is -3.00. The fourth-order valence-corrected chi connectivity index (χ4v) is 4.22. The number of fused-ring (bicyclic) bond motifs is 2. The van der Waals surface area contributed by atoms with Crippen LogP contribution in [0.15, 0.2) is 58.3 Å². The Morgan fingerprint density at radius 3 is 1.88 bits per heavy atom. The van der Waals surface area contributed by atoms with E-state index < -0.39 is 6.10 Å². The van der Waals surface area contributed by atoms with Gasteiger partial charge in [-0.05, 0) is 24.3 Å². The molecule has 0 spiro atoms. The van der Waals surface area contributed by atoms with Crippen LogP contribution >= 0.6 is 11.8 Å². The molecule has 26 heavy (non-hydrogen) atoms. The molecule has 1 heterocycles. The van der Waals surface area contributed by atoms with Crippen LogP contribution in [-0.4, -0.2) is 65.7 Å². The van der Waals surface area contributed by atoms with Gasteiger partial charge in [-0.15, -0.1) is 0 Å². The van der Waals surface area contributed by atoms with Crippen molar-refractivity contribution in [2.75, 3.05) is 44.3 Å². The second-order valence-corrected chi connectivity index (χ2v) is 7.13. The quantitative estimate of drug-likeness (QED) is 0.529. The van der Waals surface area contributed by atoms with Gasteiger partial charge in [-0.2, -0.15) is 0 Å². The van der Waals surface area contributed by atoms with Crippen molar-refractivity contribution < 1.29 is 27.7 Å². The molecule has 142 valence electrons. The Morgan fingerprint density at radius 1 is 0.885 bits per heavy atom. The number of β-amino-alcohol motifs (C(OH)–C–C–N with tert-alkyl or cyclic N) is 1. The lowest BCUT2D eigenvalue weighted by atomic mass is 10.2. The van der Waals surface area contributed by atoms with Crippen molar-refractivity contribution in [1.82, 2.24) is 4.90 Å². The highest BCUT2D eigenvalue weighted by Gasteiger charge is 2.25. The number of halogens is 1. The number of anilines is 2. The zero-order valence-electron chi connectivity index (χ0n) is 14.5. The van der Waals surface area contributed by atoms with Crippen molar-refractivity contribution in [1.29, 1.82) is 0 Å². The molecule has 0 saturated carbocycles. The van der Waals surface area contributed by atoms with Crippen molar-refractivity contribution >= 4 is 23.1 Å². The molecule has 1 unspecified atom stereocenters. The van der Waals surface area contributed by atoms with Crippen LogP contribution in [0, 0.1) is 0 Å². The fourth-order valence-electron chi connectivity index (χ4n) is 3.12. The second-order valence-electron chi connectivity index (χ2n) is 6.05. The van der Waals surface area contributed by atoms with E-state index in [0.29, 0.717) is 26.2 Å². The van der Waals surface area contributed by atoms with Crippen molar-refractivity contribution in [2.24, 2.45) is 0 Å². The molecule has 0 radical (unpaired) electrons. The van der Waals surface area contributed by atoms with Crippen LogP contribution in [0.5, 0.6) is 0 Å². The van der Waals surface area contributed by atoms with Gasteiger partial charge in [0.2, 0.25) is 0 Å². The Balaban J connectivity index is 0.00000243. The van der Waals surface area contributed by atoms with Gasteiger partial charge < -0.3 is 32.6 Å². The smallest absolute Gasteiger partial charge is 0.0846 e. The van der Waals surface area contributed by atoms with E-state index in [9.17, 15) is 5.11 Å². The summed E-state index contributed by atoms with van der Waals surface area (Å²) >= 11 is 1.74. The van der Waals surface area contributed by atoms with Gasteiger partial charge in [0.1, 0.15) is 0 Å². The topological polar surface area (TPSA) is 67.2 Å². The van der Waals surface area contributed by atoms with Crippen LogP contribution < -0.4 is 17.3 Å². The largest absolute Gasteiger partial charge is 1.00 e. The lowest BCUT2D eigenvalue weighted by Gasteiger charge is -2.35. The summed E-state index contributed by atoms with van der Waals surface area (Å²) in [5.74, 6) is 0. The Morgan fingerprint density at radius 2 is 1.38 bits per heavy atom. The highest BCUT2D eigenvalue weighted by atomic mass is 35.5. The first-order valence-corrected chi connectivity index (χ1v) is 9.30. The maximum absolute atomic E-state index is 10.6. The minimum atomic E-state index is -0.595. The first kappa shape index (κ1) is 21.0. The third-order valence-electron chi connectivity index (χ3n) is 4.23. The summed E-state index contributed by atoms with van der Waals surface area (Å²) in [6, 6.07) is 16.4. The van der Waals surface area contributed by atoms with Gasteiger partial charge in [-0.1, -0.05) is 36.0 Å². The Hall–Kier alpha value is -1.28. The molecule has 1 atom stereocenters. The van der Waals surface area contributed by atoms with E-state index in [4.69, 9.17) is 10.2 Å². The van der Waals surface area contributed by atoms with Gasteiger partial charge in [-0.3, -0.25) is 4.90 Å². The molecule has 2 aromatic carbocycles. The van der Waals surface area contributed by atoms with Gasteiger partial charge in [0.25, 0.3) is 0 Å². The third-order valence-corrected chi connectivity index (χ3v) is 5.36. The molecule has 1 aliphatic rings. The Labute approximate surface area is 164 Å². The summed E-state index contributed by atoms with van der Waals surface area (Å²) in [6.07, 6.45) is -0.595. The van der Waals surface area contributed by atoms with Crippen molar-refractivity contribution in [3.05, 3.63) is 48.5 Å². The van der Waals surface area contributed by atoms with Gasteiger partial charge in [0, 0.05) is 29.4 Å². The van der Waals surface area contributed by atoms with Crippen LogP contribution in [0.2, 0.25) is 0 Å². The van der Waals surface area contributed by atoms with Gasteiger partial charge >= 0.3 is 0 Å². The van der Waals surface area contributed by atoms with Crippen LogP contribution in [-0.2, 0) is 0 Å². The summed E-state index contributed by atoms with van der Waals surface area (Å²) in [6.45, 7) is 1.79. The van der Waals surface area contributed by atoms with Crippen molar-refractivity contribution in [2.45, 2.75) is 15.9 Å². The number of aliphatic hydroxyl groups excluding tert-OH is 3. The molecule has 0 aliphatic carbocycles. The number of nitrogens with zero attached hydrogens (tertiary/aromatic N) is 2. The average molecular weight is 396 g/mol. The van der Waals surface area contributed by atoms with E-state index in [1.54, 1.807) is 11.8 Å². The summed E-state index contributed by atoms with van der Waals surface area (Å²) in [7, 11) is 0. The summed E-state index contributed by atoms with van der Waals surface area (Å²) < 4.78 is 0. The summed E-state index contributed by atoms with van der Waals surface area (Å²) in [5, 5.41) is 28.9. The molecule has 0 amide bonds. The maximum atomic E-state index is 10.6. The van der Waals surface area contributed by atoms with Crippen LogP contribution in [0.4, 0.5) is 11.4 Å². The molecule has 2 aromatic rings. The SMILES string of the molecule is OCCN(CCO)CC(O)CN1c2ccccc2Sc2ccccc21.[Cl-]. The van der Waals surface area contributed by atoms with E-state index in [1.807, 2.05) is 29.2 Å². The van der Waals surface area contributed by atoms with Crippen molar-refractivity contribution in [3.8, 4) is 0 Å². The normalized spacial score (nSPS) is 13.8. The van der Waals surface area contributed by atoms with E-state index in [0.717, 1.165) is 11.4 Å². The molecule has 3 rings (SSSR count). The van der Waals surface area contributed by atoms with E-state index in [2.05, 4.69) is 29.2 Å². The van der Waals surface area contributed by atoms with Crippen molar-refractivity contribution in [3.63, 3.8) is 0 Å². The predicted octanol–water partition coefficient (Wildman–Crippen LogP) is -1.06. The summed E-state index contributed by atoms with van der Waals surface area (Å²) in [4.78, 5) is 6.38. The number of hydrogen-bond donors (Lipinski definition) is 3. The molecule has 7 heteroatoms. The molecule has 5 nitrogen and oxygen atoms in total. The minimum Gasteiger partial charge on any atom is -1.00 e. The average Bonchev–Trinajstić information content (AvgIpc) is 2.62. The number of benzene rings is 2. The number of hydrogen-bond acceptors (Lipinski definition) is 6. The molecular formula is C19H24ClN2O3S-. The molecule has 0 fully saturated rings. The highest BCUT2D eigenvalue weighted by Crippen LogP contribution is 2.47. The standard InChI is InChI=1S/C19H24N2O3S.ClH/c22-11-9-20(10-12-23)13-15(24)14-21-16-5-1-3-7-18(16)25-19-8-4-2-6-17(19)21;/h1-8,15,22-24H,9-14H2;1H/p-1. The monoisotopic (exact) mass is 395 g/mol. The van der Waals surface area contributed by atoms with Gasteiger partial charge in [0.15, 0.2) is 0 Å². The van der Waals surface area contributed by atoms with E-state index in [-0.39, 0.29) is 25.6 Å². The Kier molecular flexibility index (Phi) is 8.21. The zero-order valence-corrected chi connectivity index (χ0v) is 16.0. The number of para-hydroxylation sites is 2. The molecule has 0 aromatic heterocycles. The first-order valence-electron chi connectivity index (χ1n) is 8.48. The fraction of sp³-hybridized carbons (Fsp3) is 0.368. The van der Waals surface area contributed by atoms with Crippen LogP contribution in [0.1, 0.15) is 0 Å². The second kappa shape index (κ2) is 10.2. The highest BCUT2D eigenvalue weighted by molar-refractivity contribution is 7.99. The Bertz CT molecular complexity index is 652. The summed E-state index contributed by atoms with van der Waals surface area (Å²) in [5.41, 5.74) is 2.20. The number of aliphatic hydroxyl groups is 3. The zero-order chi connectivity index (χ0) is 17.6. The van der Waals surface area contributed by atoms with Crippen LogP contribution in [0.3, 0.4) is 0 Å². The molecule has 0 saturated heterocycles. The molecular weight excluding hydrogens is 372 g/mol. The molecule has 3 N–H and O–H groups in total. The maximum Gasteiger partial charge on any atom is 0.0846 e. The first-order chi connectivity index (χ1) is 12.2. The molecule has 1 aliphatic heterocycles. The minimum absolute atomic E-state index is 0. The third kappa shape index (κ3) is 4.91. The predicted molar refractivity (Wildman–Crippen MR) is 101 cm³/mol. The van der Waals surface area contributed by atoms with Gasteiger partial charge in [0.05, 0.1) is 37.2 Å². The molecule has 0 bridgehead atoms.